The van der Waals surface area contributed by atoms with Crippen LogP contribution >= 0.6 is 0 Å². The van der Waals surface area contributed by atoms with Crippen molar-refractivity contribution >= 4 is 5.95 Å². The summed E-state index contributed by atoms with van der Waals surface area (Å²) in [7, 11) is 0. The monoisotopic (exact) mass is 247 g/mol. The Bertz CT molecular complexity index is 447. The first kappa shape index (κ1) is 11.8. The number of anilines is 1. The van der Waals surface area contributed by atoms with E-state index in [9.17, 15) is 0 Å². The molecule has 0 amide bonds. The van der Waals surface area contributed by atoms with E-state index in [1.54, 1.807) is 0 Å². The van der Waals surface area contributed by atoms with E-state index >= 15 is 0 Å². The van der Waals surface area contributed by atoms with Gasteiger partial charge in [-0.1, -0.05) is 6.92 Å². The molecule has 1 N–H and O–H groups in total. The van der Waals surface area contributed by atoms with E-state index in [1.807, 2.05) is 13.8 Å². The normalized spacial score (nSPS) is 30.8. The highest BCUT2D eigenvalue weighted by molar-refractivity contribution is 5.35. The lowest BCUT2D eigenvalue weighted by atomic mass is 9.93. The third kappa shape index (κ3) is 1.77. The Kier molecular flexibility index (Phi) is 2.93. The second kappa shape index (κ2) is 4.46. The van der Waals surface area contributed by atoms with Gasteiger partial charge in [-0.3, -0.25) is 0 Å². The lowest BCUT2D eigenvalue weighted by Gasteiger charge is -2.26. The van der Waals surface area contributed by atoms with Crippen LogP contribution in [-0.2, 0) is 0 Å². The van der Waals surface area contributed by atoms with Crippen molar-refractivity contribution in [2.75, 3.05) is 24.5 Å². The molecule has 5 heteroatoms. The average molecular weight is 247 g/mol. The maximum atomic E-state index is 4.61. The first-order chi connectivity index (χ1) is 8.70. The van der Waals surface area contributed by atoms with Gasteiger partial charge in [0.1, 0.15) is 0 Å². The van der Waals surface area contributed by atoms with Crippen LogP contribution in [0.25, 0.3) is 0 Å². The summed E-state index contributed by atoms with van der Waals surface area (Å²) in [5.41, 5.74) is 1.91. The zero-order chi connectivity index (χ0) is 12.7. The van der Waals surface area contributed by atoms with Crippen LogP contribution in [0.1, 0.15) is 24.7 Å². The highest BCUT2D eigenvalue weighted by Gasteiger charge is 2.44. The van der Waals surface area contributed by atoms with Gasteiger partial charge in [0.25, 0.3) is 0 Å². The summed E-state index contributed by atoms with van der Waals surface area (Å²) in [6.45, 7) is 9.56. The van der Waals surface area contributed by atoms with Gasteiger partial charge in [0.05, 0.1) is 11.4 Å². The highest BCUT2D eigenvalue weighted by atomic mass is 15.4. The van der Waals surface area contributed by atoms with E-state index in [1.165, 1.54) is 0 Å². The summed E-state index contributed by atoms with van der Waals surface area (Å²) in [6, 6.07) is 0.564. The van der Waals surface area contributed by atoms with Crippen molar-refractivity contribution in [2.45, 2.75) is 33.2 Å². The first-order valence-electron chi connectivity index (χ1n) is 6.86. The fraction of sp³-hybridized carbons (Fsp3) is 0.769. The van der Waals surface area contributed by atoms with Crippen LogP contribution in [0.5, 0.6) is 0 Å². The maximum absolute atomic E-state index is 4.61. The topological polar surface area (TPSA) is 53.9 Å². The van der Waals surface area contributed by atoms with Gasteiger partial charge in [-0.25, -0.2) is 4.98 Å². The average Bonchev–Trinajstić information content (AvgIpc) is 2.92. The molecule has 0 radical (unpaired) electrons. The number of aromatic nitrogens is 3. The van der Waals surface area contributed by atoms with Gasteiger partial charge >= 0.3 is 0 Å². The zero-order valence-electron chi connectivity index (χ0n) is 11.3. The Morgan fingerprint density at radius 2 is 2.06 bits per heavy atom. The third-order valence-electron chi connectivity index (χ3n) is 4.47. The molecule has 0 bridgehead atoms. The number of nitrogens with zero attached hydrogens (tertiary/aromatic N) is 4. The standard InChI is InChI=1S/C13H21N5/c1-4-12-11-6-14-5-10(11)7-18(12)13-15-8(2)9(3)16-17-13/h10-12,14H,4-7H2,1-3H3. The second-order valence-electron chi connectivity index (χ2n) is 5.49. The first-order valence-corrected chi connectivity index (χ1v) is 6.86. The van der Waals surface area contributed by atoms with E-state index < -0.39 is 0 Å². The molecule has 1 aromatic rings. The third-order valence-corrected chi connectivity index (χ3v) is 4.47. The molecule has 18 heavy (non-hydrogen) atoms. The van der Waals surface area contributed by atoms with Crippen LogP contribution in [0.3, 0.4) is 0 Å². The molecule has 2 fully saturated rings. The Morgan fingerprint density at radius 3 is 2.78 bits per heavy atom. The molecular weight excluding hydrogens is 226 g/mol. The molecule has 0 aliphatic carbocycles. The van der Waals surface area contributed by atoms with Crippen LogP contribution in [0.2, 0.25) is 0 Å². The molecule has 3 atom stereocenters. The van der Waals surface area contributed by atoms with Gasteiger partial charge in [-0.2, -0.15) is 5.10 Å². The summed E-state index contributed by atoms with van der Waals surface area (Å²) in [4.78, 5) is 6.98. The van der Waals surface area contributed by atoms with Crippen molar-refractivity contribution in [3.8, 4) is 0 Å². The summed E-state index contributed by atoms with van der Waals surface area (Å²) in [5, 5.41) is 12.0. The van der Waals surface area contributed by atoms with E-state index in [2.05, 4.69) is 32.3 Å². The van der Waals surface area contributed by atoms with Crippen molar-refractivity contribution in [1.82, 2.24) is 20.5 Å². The van der Waals surface area contributed by atoms with E-state index in [0.717, 1.165) is 55.2 Å². The molecule has 0 aromatic carbocycles. The summed E-state index contributed by atoms with van der Waals surface area (Å²) in [5.74, 6) is 2.32. The van der Waals surface area contributed by atoms with Crippen molar-refractivity contribution in [3.05, 3.63) is 11.4 Å². The second-order valence-corrected chi connectivity index (χ2v) is 5.49. The predicted molar refractivity (Wildman–Crippen MR) is 70.6 cm³/mol. The molecule has 3 rings (SSSR count). The van der Waals surface area contributed by atoms with Gasteiger partial charge in [-0.15, -0.1) is 5.10 Å². The zero-order valence-corrected chi connectivity index (χ0v) is 11.3. The number of aryl methyl sites for hydroxylation is 2. The molecule has 0 saturated carbocycles. The Balaban J connectivity index is 1.89. The summed E-state index contributed by atoms with van der Waals surface area (Å²) < 4.78 is 0. The summed E-state index contributed by atoms with van der Waals surface area (Å²) in [6.07, 6.45) is 1.15. The molecular formula is C13H21N5. The van der Waals surface area contributed by atoms with Crippen LogP contribution in [-0.4, -0.2) is 40.9 Å². The van der Waals surface area contributed by atoms with Crippen LogP contribution < -0.4 is 10.2 Å². The van der Waals surface area contributed by atoms with Gasteiger partial charge in [0.15, 0.2) is 0 Å². The van der Waals surface area contributed by atoms with Crippen molar-refractivity contribution < 1.29 is 0 Å². The Labute approximate surface area is 108 Å². The van der Waals surface area contributed by atoms with E-state index in [-0.39, 0.29) is 0 Å². The number of hydrogen-bond donors (Lipinski definition) is 1. The quantitative estimate of drug-likeness (QED) is 0.842. The van der Waals surface area contributed by atoms with Gasteiger partial charge in [-0.05, 0) is 32.1 Å². The Morgan fingerprint density at radius 1 is 1.22 bits per heavy atom. The molecule has 5 nitrogen and oxygen atoms in total. The molecule has 3 heterocycles. The van der Waals surface area contributed by atoms with E-state index in [0.29, 0.717) is 6.04 Å². The van der Waals surface area contributed by atoms with E-state index in [4.69, 9.17) is 0 Å². The van der Waals surface area contributed by atoms with Crippen LogP contribution in [0, 0.1) is 25.7 Å². The number of hydrogen-bond acceptors (Lipinski definition) is 5. The van der Waals surface area contributed by atoms with Crippen LogP contribution in [0.15, 0.2) is 0 Å². The fourth-order valence-electron chi connectivity index (χ4n) is 3.34. The summed E-state index contributed by atoms with van der Waals surface area (Å²) >= 11 is 0. The molecule has 2 aliphatic rings. The SMILES string of the molecule is CCC1C2CNCC2CN1c1nnc(C)c(C)n1. The predicted octanol–water partition coefficient (Wildman–Crippen LogP) is 0.923. The molecule has 2 aliphatic heterocycles. The molecule has 1 aromatic heterocycles. The molecule has 3 unspecified atom stereocenters. The minimum absolute atomic E-state index is 0.564. The van der Waals surface area contributed by atoms with Gasteiger partial charge in [0.2, 0.25) is 5.95 Å². The molecule has 98 valence electrons. The number of rotatable bonds is 2. The minimum Gasteiger partial charge on any atom is -0.336 e. The smallest absolute Gasteiger partial charge is 0.245 e. The van der Waals surface area contributed by atoms with Gasteiger partial charge < -0.3 is 10.2 Å². The van der Waals surface area contributed by atoms with Gasteiger partial charge in [0, 0.05) is 25.7 Å². The lowest BCUT2D eigenvalue weighted by molar-refractivity contribution is 0.440. The lowest BCUT2D eigenvalue weighted by Crippen LogP contribution is -2.36. The fourth-order valence-corrected chi connectivity index (χ4v) is 3.34. The van der Waals surface area contributed by atoms with Crippen molar-refractivity contribution in [3.63, 3.8) is 0 Å². The minimum atomic E-state index is 0.564. The Hall–Kier alpha value is -1.23. The van der Waals surface area contributed by atoms with Crippen LogP contribution in [0.4, 0.5) is 5.95 Å². The largest absolute Gasteiger partial charge is 0.336 e. The molecule has 0 spiro atoms. The number of fused-ring (bicyclic) bond motifs is 1. The van der Waals surface area contributed by atoms with Crippen molar-refractivity contribution in [1.29, 1.82) is 0 Å². The van der Waals surface area contributed by atoms with Crippen molar-refractivity contribution in [2.24, 2.45) is 11.8 Å². The molecule has 2 saturated heterocycles. The maximum Gasteiger partial charge on any atom is 0.245 e. The number of nitrogens with one attached hydrogen (secondary N) is 1. The highest BCUT2D eigenvalue weighted by Crippen LogP contribution is 2.35.